The lowest BCUT2D eigenvalue weighted by atomic mass is 10.2. The van der Waals surface area contributed by atoms with Crippen molar-refractivity contribution >= 4 is 33.7 Å². The van der Waals surface area contributed by atoms with Gasteiger partial charge in [-0.05, 0) is 37.3 Å². The lowest BCUT2D eigenvalue weighted by molar-refractivity contribution is -0.129. The first-order valence-corrected chi connectivity index (χ1v) is 8.02. The van der Waals surface area contributed by atoms with Crippen LogP contribution in [0.2, 0.25) is 0 Å². The van der Waals surface area contributed by atoms with Crippen molar-refractivity contribution in [1.82, 2.24) is 10.9 Å². The molecule has 130 valence electrons. The lowest BCUT2D eigenvalue weighted by Crippen LogP contribution is -2.46. The van der Waals surface area contributed by atoms with Crippen molar-refractivity contribution < 1.29 is 24.2 Å². The Hall–Kier alpha value is -2.87. The van der Waals surface area contributed by atoms with Gasteiger partial charge in [0.15, 0.2) is 6.10 Å². The van der Waals surface area contributed by atoms with Crippen LogP contribution in [0.4, 0.5) is 0 Å². The van der Waals surface area contributed by atoms with Gasteiger partial charge in [0.1, 0.15) is 11.3 Å². The molecule has 0 aromatic heterocycles. The van der Waals surface area contributed by atoms with Crippen molar-refractivity contribution in [2.75, 3.05) is 0 Å². The number of benzene rings is 2. The van der Waals surface area contributed by atoms with Crippen LogP contribution in [0.15, 0.2) is 53.0 Å². The van der Waals surface area contributed by atoms with Gasteiger partial charge in [-0.3, -0.25) is 20.4 Å². The van der Waals surface area contributed by atoms with Crippen molar-refractivity contribution in [1.29, 1.82) is 0 Å². The predicted molar refractivity (Wildman–Crippen MR) is 92.7 cm³/mol. The second-order valence-electron chi connectivity index (χ2n) is 5.02. The zero-order chi connectivity index (χ0) is 18.4. The molecule has 3 N–H and O–H groups in total. The maximum atomic E-state index is 12.0. The fourth-order valence-electron chi connectivity index (χ4n) is 1.83. The number of phenolic OH excluding ortho intramolecular Hbond substituents is 1. The molecule has 0 heterocycles. The summed E-state index contributed by atoms with van der Waals surface area (Å²) in [6, 6.07) is 12.6. The molecular formula is C17H15BrN2O5. The van der Waals surface area contributed by atoms with Gasteiger partial charge in [0.2, 0.25) is 0 Å². The molecule has 0 unspecified atom stereocenters. The zero-order valence-corrected chi connectivity index (χ0v) is 14.7. The lowest BCUT2D eigenvalue weighted by Gasteiger charge is -2.14. The number of nitrogens with one attached hydrogen (secondary N) is 2. The van der Waals surface area contributed by atoms with E-state index in [4.69, 9.17) is 4.74 Å². The van der Waals surface area contributed by atoms with Crippen LogP contribution in [0, 0.1) is 0 Å². The van der Waals surface area contributed by atoms with E-state index in [9.17, 15) is 19.5 Å². The van der Waals surface area contributed by atoms with E-state index in [0.717, 1.165) is 0 Å². The predicted octanol–water partition coefficient (Wildman–Crippen LogP) is 2.16. The van der Waals surface area contributed by atoms with E-state index in [1.54, 1.807) is 36.4 Å². The molecule has 0 saturated heterocycles. The SMILES string of the molecule is C[C@@H](OC(=O)c1cc(Br)ccc1O)C(=O)NNC(=O)c1ccccc1. The number of hydrogen-bond donors (Lipinski definition) is 3. The van der Waals surface area contributed by atoms with Gasteiger partial charge in [-0.1, -0.05) is 34.1 Å². The van der Waals surface area contributed by atoms with Crippen molar-refractivity contribution in [3.8, 4) is 5.75 Å². The molecule has 0 aliphatic rings. The number of phenols is 1. The topological polar surface area (TPSA) is 105 Å². The Balaban J connectivity index is 1.90. The monoisotopic (exact) mass is 406 g/mol. The van der Waals surface area contributed by atoms with Gasteiger partial charge in [-0.25, -0.2) is 4.79 Å². The van der Waals surface area contributed by atoms with Crippen molar-refractivity contribution in [2.45, 2.75) is 13.0 Å². The van der Waals surface area contributed by atoms with Crippen molar-refractivity contribution in [3.63, 3.8) is 0 Å². The highest BCUT2D eigenvalue weighted by Crippen LogP contribution is 2.22. The van der Waals surface area contributed by atoms with Gasteiger partial charge >= 0.3 is 5.97 Å². The van der Waals surface area contributed by atoms with Crippen molar-refractivity contribution in [3.05, 3.63) is 64.1 Å². The molecule has 2 amide bonds. The number of carbonyl (C=O) groups is 3. The second-order valence-corrected chi connectivity index (χ2v) is 5.93. The number of carbonyl (C=O) groups excluding carboxylic acids is 3. The van der Waals surface area contributed by atoms with Crippen LogP contribution in [0.25, 0.3) is 0 Å². The smallest absolute Gasteiger partial charge is 0.342 e. The fraction of sp³-hybridized carbons (Fsp3) is 0.118. The molecular weight excluding hydrogens is 392 g/mol. The number of hydrazine groups is 1. The fourth-order valence-corrected chi connectivity index (χ4v) is 2.19. The van der Waals surface area contributed by atoms with E-state index in [-0.39, 0.29) is 11.3 Å². The van der Waals surface area contributed by atoms with Crippen LogP contribution in [0.3, 0.4) is 0 Å². The third kappa shape index (κ3) is 5.05. The molecule has 25 heavy (non-hydrogen) atoms. The average Bonchev–Trinajstić information content (AvgIpc) is 2.61. The Labute approximate surface area is 152 Å². The molecule has 2 aromatic rings. The van der Waals surface area contributed by atoms with Crippen LogP contribution in [0.5, 0.6) is 5.75 Å². The minimum absolute atomic E-state index is 0.0812. The summed E-state index contributed by atoms with van der Waals surface area (Å²) < 4.78 is 5.56. The zero-order valence-electron chi connectivity index (χ0n) is 13.2. The van der Waals surface area contributed by atoms with E-state index in [1.165, 1.54) is 19.1 Å². The van der Waals surface area contributed by atoms with Crippen LogP contribution >= 0.6 is 15.9 Å². The Bertz CT molecular complexity index is 795. The summed E-state index contributed by atoms with van der Waals surface area (Å²) in [6.07, 6.45) is -1.18. The molecule has 2 rings (SSSR count). The third-order valence-corrected chi connectivity index (χ3v) is 3.66. The molecule has 0 radical (unpaired) electrons. The Morgan fingerprint density at radius 1 is 1.08 bits per heavy atom. The van der Waals surface area contributed by atoms with Gasteiger partial charge in [0.25, 0.3) is 11.8 Å². The third-order valence-electron chi connectivity index (χ3n) is 3.17. The molecule has 0 fully saturated rings. The largest absolute Gasteiger partial charge is 0.507 e. The minimum atomic E-state index is -1.18. The van der Waals surface area contributed by atoms with Gasteiger partial charge in [-0.15, -0.1) is 0 Å². The summed E-state index contributed by atoms with van der Waals surface area (Å²) >= 11 is 3.18. The summed E-state index contributed by atoms with van der Waals surface area (Å²) in [7, 11) is 0. The summed E-state index contributed by atoms with van der Waals surface area (Å²) in [5, 5.41) is 9.68. The van der Waals surface area contributed by atoms with E-state index in [2.05, 4.69) is 26.8 Å². The summed E-state index contributed by atoms with van der Waals surface area (Å²) in [4.78, 5) is 35.8. The van der Waals surface area contributed by atoms with E-state index < -0.39 is 23.9 Å². The summed E-state index contributed by atoms with van der Waals surface area (Å²) in [5.74, 6) is -2.35. The number of ether oxygens (including phenoxy) is 1. The van der Waals surface area contributed by atoms with Gasteiger partial charge < -0.3 is 9.84 Å². The number of amides is 2. The number of hydrogen-bond acceptors (Lipinski definition) is 5. The van der Waals surface area contributed by atoms with E-state index in [1.807, 2.05) is 0 Å². The van der Waals surface area contributed by atoms with Crippen LogP contribution in [0.1, 0.15) is 27.6 Å². The van der Waals surface area contributed by atoms with Gasteiger partial charge in [-0.2, -0.15) is 0 Å². The molecule has 2 aromatic carbocycles. The van der Waals surface area contributed by atoms with Gasteiger partial charge in [0.05, 0.1) is 0 Å². The molecule has 0 bridgehead atoms. The molecule has 7 nitrogen and oxygen atoms in total. The summed E-state index contributed by atoms with van der Waals surface area (Å²) in [6.45, 7) is 1.34. The highest BCUT2D eigenvalue weighted by atomic mass is 79.9. The van der Waals surface area contributed by atoms with E-state index >= 15 is 0 Å². The first-order valence-electron chi connectivity index (χ1n) is 7.23. The van der Waals surface area contributed by atoms with Gasteiger partial charge in [0, 0.05) is 10.0 Å². The highest BCUT2D eigenvalue weighted by Gasteiger charge is 2.21. The molecule has 0 aliphatic carbocycles. The quantitative estimate of drug-likeness (QED) is 0.532. The maximum Gasteiger partial charge on any atom is 0.342 e. The average molecular weight is 407 g/mol. The number of rotatable bonds is 4. The summed E-state index contributed by atoms with van der Waals surface area (Å²) in [5.41, 5.74) is 4.69. The first kappa shape index (κ1) is 18.5. The Morgan fingerprint density at radius 3 is 2.44 bits per heavy atom. The van der Waals surface area contributed by atoms with Crippen LogP contribution in [-0.4, -0.2) is 29.0 Å². The Morgan fingerprint density at radius 2 is 1.76 bits per heavy atom. The number of esters is 1. The second kappa shape index (κ2) is 8.29. The Kier molecular flexibility index (Phi) is 6.13. The normalized spacial score (nSPS) is 11.3. The van der Waals surface area contributed by atoms with Crippen molar-refractivity contribution in [2.24, 2.45) is 0 Å². The maximum absolute atomic E-state index is 12.0. The number of aromatic hydroxyl groups is 1. The van der Waals surface area contributed by atoms with Crippen LogP contribution in [-0.2, 0) is 9.53 Å². The minimum Gasteiger partial charge on any atom is -0.507 e. The first-order chi connectivity index (χ1) is 11.9. The molecule has 0 aliphatic heterocycles. The number of halogens is 1. The molecule has 8 heteroatoms. The molecule has 0 spiro atoms. The molecule has 0 saturated carbocycles. The molecule has 1 atom stereocenters. The highest BCUT2D eigenvalue weighted by molar-refractivity contribution is 9.10. The van der Waals surface area contributed by atoms with E-state index in [0.29, 0.717) is 10.0 Å². The standard InChI is InChI=1S/C17H15BrN2O5/c1-10(25-17(24)13-9-12(18)7-8-14(13)21)15(22)19-20-16(23)11-5-3-2-4-6-11/h2-10,21H,1H3,(H,19,22)(H,20,23)/t10-/m1/s1. The van der Waals surface area contributed by atoms with Crippen LogP contribution < -0.4 is 10.9 Å².